The zero-order valence-corrected chi connectivity index (χ0v) is 22.1. The van der Waals surface area contributed by atoms with Crippen LogP contribution in [-0.4, -0.2) is 76.7 Å². The Balaban J connectivity index is 1.15. The maximum atomic E-state index is 6.69. The van der Waals surface area contributed by atoms with Gasteiger partial charge in [-0.05, 0) is 49.5 Å². The van der Waals surface area contributed by atoms with Crippen molar-refractivity contribution in [1.29, 1.82) is 0 Å². The van der Waals surface area contributed by atoms with Crippen molar-refractivity contribution in [3.63, 3.8) is 0 Å². The highest BCUT2D eigenvalue weighted by molar-refractivity contribution is 6.33. The Hall–Kier alpha value is -2.45. The molecular formula is C28H37ClN6O. The summed E-state index contributed by atoms with van der Waals surface area (Å²) in [4.78, 5) is 19.9. The average Bonchev–Trinajstić information content (AvgIpc) is 3.45. The fraction of sp³-hybridized carbons (Fsp3) is 0.500. The number of ether oxygens (including phenoxy) is 1. The molecule has 2 saturated heterocycles. The number of nitrogens with zero attached hydrogens (tertiary/aromatic N) is 5. The number of H-pyrrole nitrogens is 1. The number of methoxy groups -OCH3 is 1. The zero-order valence-electron chi connectivity index (χ0n) is 21.4. The number of halogens is 1. The number of hydrogen-bond donors (Lipinski definition) is 1. The van der Waals surface area contributed by atoms with Gasteiger partial charge in [-0.2, -0.15) is 0 Å². The van der Waals surface area contributed by atoms with Crippen molar-refractivity contribution in [3.8, 4) is 11.4 Å². The summed E-state index contributed by atoms with van der Waals surface area (Å²) in [5, 5.41) is 0.691. The molecule has 0 saturated carbocycles. The second-order valence-electron chi connectivity index (χ2n) is 9.97. The van der Waals surface area contributed by atoms with Crippen LogP contribution in [0, 0.1) is 0 Å². The quantitative estimate of drug-likeness (QED) is 0.470. The Bertz CT molecular complexity index is 1100. The molecule has 0 aliphatic carbocycles. The second-order valence-corrected chi connectivity index (χ2v) is 10.4. The maximum Gasteiger partial charge on any atom is 0.147 e. The Morgan fingerprint density at radius 3 is 2.50 bits per heavy atom. The van der Waals surface area contributed by atoms with Crippen LogP contribution in [0.25, 0.3) is 11.4 Å². The fourth-order valence-electron chi connectivity index (χ4n) is 5.70. The summed E-state index contributed by atoms with van der Waals surface area (Å²) < 4.78 is 5.23. The first-order valence-corrected chi connectivity index (χ1v) is 13.5. The van der Waals surface area contributed by atoms with Gasteiger partial charge in [-0.1, -0.05) is 42.8 Å². The number of piperidine rings is 1. The van der Waals surface area contributed by atoms with Gasteiger partial charge in [-0.25, -0.2) is 9.97 Å². The number of aromatic nitrogens is 3. The van der Waals surface area contributed by atoms with Crippen molar-refractivity contribution in [2.24, 2.45) is 0 Å². The van der Waals surface area contributed by atoms with Gasteiger partial charge in [0, 0.05) is 69.5 Å². The van der Waals surface area contributed by atoms with Crippen molar-refractivity contribution < 1.29 is 4.74 Å². The van der Waals surface area contributed by atoms with E-state index in [4.69, 9.17) is 21.3 Å². The van der Waals surface area contributed by atoms with Gasteiger partial charge in [-0.15, -0.1) is 0 Å². The van der Waals surface area contributed by atoms with E-state index >= 15 is 0 Å². The smallest absolute Gasteiger partial charge is 0.147 e. The van der Waals surface area contributed by atoms with Gasteiger partial charge < -0.3 is 14.6 Å². The third-order valence-corrected chi connectivity index (χ3v) is 7.94. The first-order valence-electron chi connectivity index (χ1n) is 13.1. The highest BCUT2D eigenvalue weighted by Gasteiger charge is 2.34. The van der Waals surface area contributed by atoms with Gasteiger partial charge in [0.2, 0.25) is 0 Å². The second kappa shape index (κ2) is 11.7. The molecule has 0 amide bonds. The molecule has 5 rings (SSSR count). The molecule has 192 valence electrons. The first-order chi connectivity index (χ1) is 17.6. The molecule has 1 aromatic carbocycles. The number of anilines is 1. The molecule has 0 unspecified atom stereocenters. The summed E-state index contributed by atoms with van der Waals surface area (Å²) in [6.45, 7) is 9.31. The van der Waals surface area contributed by atoms with E-state index in [0.717, 1.165) is 62.9 Å². The SMILES string of the molecule is CC[C@H]1CN(c2ncc(-c3ncc[nH]3)cc2Cl)CCN1C1CCN(Cc2ccc(COC)cc2)CC1. The number of aromatic amines is 1. The molecule has 0 spiro atoms. The standard InChI is InChI=1S/C28H37ClN6O/c1-3-24-19-34(28-26(29)16-23(17-32-28)27-30-10-11-31-27)14-15-35(24)25-8-12-33(13-9-25)18-21-4-6-22(7-5-21)20-36-2/h4-7,10-11,16-17,24-25H,3,8-9,12-15,18-20H2,1-2H3,(H,30,31)/t24-/m0/s1. The molecule has 4 heterocycles. The van der Waals surface area contributed by atoms with Crippen LogP contribution in [0.5, 0.6) is 0 Å². The van der Waals surface area contributed by atoms with Crippen molar-refractivity contribution >= 4 is 17.4 Å². The van der Waals surface area contributed by atoms with E-state index in [9.17, 15) is 0 Å². The number of piperazine rings is 1. The largest absolute Gasteiger partial charge is 0.380 e. The van der Waals surface area contributed by atoms with Crippen molar-refractivity contribution in [1.82, 2.24) is 24.8 Å². The van der Waals surface area contributed by atoms with Crippen LogP contribution in [0.2, 0.25) is 5.02 Å². The van der Waals surface area contributed by atoms with Gasteiger partial charge in [-0.3, -0.25) is 9.80 Å². The number of pyridine rings is 1. The predicted octanol–water partition coefficient (Wildman–Crippen LogP) is 4.84. The lowest BCUT2D eigenvalue weighted by atomic mass is 9.97. The minimum atomic E-state index is 0.520. The first kappa shape index (κ1) is 25.2. The summed E-state index contributed by atoms with van der Waals surface area (Å²) in [5.41, 5.74) is 3.53. The Kier molecular flexibility index (Phi) is 8.22. The van der Waals surface area contributed by atoms with Crippen LogP contribution in [0.4, 0.5) is 5.82 Å². The number of benzene rings is 1. The molecule has 2 aromatic heterocycles. The molecular weight excluding hydrogens is 472 g/mol. The molecule has 2 aliphatic heterocycles. The van der Waals surface area contributed by atoms with Crippen LogP contribution >= 0.6 is 11.6 Å². The number of likely N-dealkylation sites (tertiary alicyclic amines) is 1. The molecule has 36 heavy (non-hydrogen) atoms. The molecule has 1 N–H and O–H groups in total. The summed E-state index contributed by atoms with van der Waals surface area (Å²) in [7, 11) is 1.74. The lowest BCUT2D eigenvalue weighted by Crippen LogP contribution is -2.58. The third kappa shape index (κ3) is 5.75. The summed E-state index contributed by atoms with van der Waals surface area (Å²) in [6, 6.07) is 12.0. The Morgan fingerprint density at radius 2 is 1.83 bits per heavy atom. The minimum Gasteiger partial charge on any atom is -0.380 e. The van der Waals surface area contributed by atoms with Crippen molar-refractivity contribution in [2.45, 2.75) is 51.4 Å². The normalized spacial score (nSPS) is 20.2. The van der Waals surface area contributed by atoms with Gasteiger partial charge in [0.25, 0.3) is 0 Å². The van der Waals surface area contributed by atoms with Crippen molar-refractivity contribution in [2.75, 3.05) is 44.7 Å². The summed E-state index contributed by atoms with van der Waals surface area (Å²) >= 11 is 6.69. The lowest BCUT2D eigenvalue weighted by molar-refractivity contribution is 0.0610. The highest BCUT2D eigenvalue weighted by Crippen LogP contribution is 2.31. The van der Waals surface area contributed by atoms with E-state index in [2.05, 4.69) is 55.9 Å². The number of rotatable bonds is 8. The Morgan fingerprint density at radius 1 is 1.06 bits per heavy atom. The number of imidazole rings is 1. The minimum absolute atomic E-state index is 0.520. The van der Waals surface area contributed by atoms with Gasteiger partial charge in [0.05, 0.1) is 11.6 Å². The molecule has 2 aliphatic rings. The average molecular weight is 509 g/mol. The van der Waals surface area contributed by atoms with Crippen LogP contribution in [0.3, 0.4) is 0 Å². The van der Waals surface area contributed by atoms with E-state index in [1.54, 1.807) is 13.3 Å². The van der Waals surface area contributed by atoms with Crippen molar-refractivity contribution in [3.05, 3.63) is 65.1 Å². The number of hydrogen-bond acceptors (Lipinski definition) is 6. The van der Waals surface area contributed by atoms with Crippen LogP contribution in [0.1, 0.15) is 37.3 Å². The zero-order chi connectivity index (χ0) is 24.9. The van der Waals surface area contributed by atoms with Crippen LogP contribution in [0.15, 0.2) is 48.9 Å². The molecule has 0 radical (unpaired) electrons. The predicted molar refractivity (Wildman–Crippen MR) is 145 cm³/mol. The molecule has 8 heteroatoms. The van der Waals surface area contributed by atoms with E-state index in [-0.39, 0.29) is 0 Å². The summed E-state index contributed by atoms with van der Waals surface area (Å²) in [5.74, 6) is 1.68. The Labute approximate surface area is 219 Å². The summed E-state index contributed by atoms with van der Waals surface area (Å²) in [6.07, 6.45) is 9.02. The third-order valence-electron chi connectivity index (χ3n) is 7.66. The van der Waals surface area contributed by atoms with Crippen LogP contribution in [-0.2, 0) is 17.9 Å². The maximum absolute atomic E-state index is 6.69. The lowest BCUT2D eigenvalue weighted by Gasteiger charge is -2.47. The number of nitrogens with one attached hydrogen (secondary N) is 1. The van der Waals surface area contributed by atoms with Crippen LogP contribution < -0.4 is 4.90 Å². The fourth-order valence-corrected chi connectivity index (χ4v) is 5.98. The topological polar surface area (TPSA) is 60.5 Å². The molecule has 3 aromatic rings. The van der Waals surface area contributed by atoms with E-state index < -0.39 is 0 Å². The van der Waals surface area contributed by atoms with Gasteiger partial charge in [0.1, 0.15) is 11.6 Å². The van der Waals surface area contributed by atoms with E-state index in [1.807, 2.05) is 18.5 Å². The molecule has 2 fully saturated rings. The van der Waals surface area contributed by atoms with Gasteiger partial charge >= 0.3 is 0 Å². The highest BCUT2D eigenvalue weighted by atomic mass is 35.5. The molecule has 0 bridgehead atoms. The molecule has 1 atom stereocenters. The molecule has 7 nitrogen and oxygen atoms in total. The van der Waals surface area contributed by atoms with Gasteiger partial charge in [0.15, 0.2) is 0 Å². The van der Waals surface area contributed by atoms with E-state index in [1.165, 1.54) is 24.0 Å². The van der Waals surface area contributed by atoms with E-state index in [0.29, 0.717) is 23.7 Å². The monoisotopic (exact) mass is 508 g/mol.